The summed E-state index contributed by atoms with van der Waals surface area (Å²) in [7, 11) is 1.46. The number of fused-ring (bicyclic) bond motifs is 1. The summed E-state index contributed by atoms with van der Waals surface area (Å²) < 4.78 is 24.1. The molecule has 0 spiro atoms. The first kappa shape index (κ1) is 19.4. The standard InChI is InChI=1S/C22H23FN2O4/c1-28-20-5-2-15(10-19(20)23)13-24-6-8-25(9-7-24)14-16-11-22(27)29-21-12-17(26)3-4-18(16)21/h2-5,10-12,26H,6-9,13-14H2,1H3. The normalized spacial score (nSPS) is 15.7. The number of phenols is 1. The number of hydrogen-bond acceptors (Lipinski definition) is 6. The molecule has 0 amide bonds. The molecule has 0 unspecified atom stereocenters. The molecule has 4 rings (SSSR count). The molecule has 29 heavy (non-hydrogen) atoms. The third-order valence-electron chi connectivity index (χ3n) is 5.30. The second-order valence-corrected chi connectivity index (χ2v) is 7.29. The second-order valence-electron chi connectivity index (χ2n) is 7.29. The van der Waals surface area contributed by atoms with Crippen LogP contribution in [0.25, 0.3) is 11.0 Å². The molecule has 1 aliphatic heterocycles. The maximum Gasteiger partial charge on any atom is 0.336 e. The second kappa shape index (κ2) is 8.23. The van der Waals surface area contributed by atoms with Gasteiger partial charge >= 0.3 is 5.63 Å². The fourth-order valence-corrected chi connectivity index (χ4v) is 3.76. The third kappa shape index (κ3) is 4.41. The van der Waals surface area contributed by atoms with Crippen LogP contribution in [0, 0.1) is 5.82 Å². The maximum atomic E-state index is 13.9. The van der Waals surface area contributed by atoms with Crippen molar-refractivity contribution in [3.05, 3.63) is 69.8 Å². The zero-order valence-corrected chi connectivity index (χ0v) is 16.2. The Morgan fingerprint density at radius 3 is 2.45 bits per heavy atom. The number of benzene rings is 2. The van der Waals surface area contributed by atoms with Crippen LogP contribution in [-0.2, 0) is 13.1 Å². The van der Waals surface area contributed by atoms with Gasteiger partial charge in [-0.15, -0.1) is 0 Å². The lowest BCUT2D eigenvalue weighted by atomic mass is 10.1. The Hall–Kier alpha value is -2.90. The molecule has 1 saturated heterocycles. The van der Waals surface area contributed by atoms with E-state index in [1.165, 1.54) is 25.3 Å². The highest BCUT2D eigenvalue weighted by Crippen LogP contribution is 2.23. The SMILES string of the molecule is COc1ccc(CN2CCN(Cc3cc(=O)oc4cc(O)ccc34)CC2)cc1F. The van der Waals surface area contributed by atoms with Crippen LogP contribution >= 0.6 is 0 Å². The van der Waals surface area contributed by atoms with E-state index in [0.717, 1.165) is 42.7 Å². The van der Waals surface area contributed by atoms with Gasteiger partial charge in [0.25, 0.3) is 0 Å². The number of methoxy groups -OCH3 is 1. The predicted octanol–water partition coefficient (Wildman–Crippen LogP) is 2.96. The van der Waals surface area contributed by atoms with E-state index < -0.39 is 5.63 Å². The minimum atomic E-state index is -0.418. The van der Waals surface area contributed by atoms with Gasteiger partial charge in [0, 0.05) is 56.8 Å². The Balaban J connectivity index is 1.40. The van der Waals surface area contributed by atoms with Crippen molar-refractivity contribution in [2.24, 2.45) is 0 Å². The van der Waals surface area contributed by atoms with Crippen molar-refractivity contribution >= 4 is 11.0 Å². The summed E-state index contributed by atoms with van der Waals surface area (Å²) in [4.78, 5) is 16.4. The average molecular weight is 398 g/mol. The Kier molecular flexibility index (Phi) is 5.51. The summed E-state index contributed by atoms with van der Waals surface area (Å²) >= 11 is 0. The molecule has 0 atom stereocenters. The van der Waals surface area contributed by atoms with Crippen molar-refractivity contribution in [2.75, 3.05) is 33.3 Å². The fourth-order valence-electron chi connectivity index (χ4n) is 3.76. The lowest BCUT2D eigenvalue weighted by molar-refractivity contribution is 0.122. The van der Waals surface area contributed by atoms with E-state index in [9.17, 15) is 14.3 Å². The lowest BCUT2D eigenvalue weighted by Crippen LogP contribution is -2.45. The zero-order valence-electron chi connectivity index (χ0n) is 16.2. The fraction of sp³-hybridized carbons (Fsp3) is 0.318. The van der Waals surface area contributed by atoms with Crippen molar-refractivity contribution in [1.82, 2.24) is 9.80 Å². The topological polar surface area (TPSA) is 66.2 Å². The molecule has 1 fully saturated rings. The van der Waals surface area contributed by atoms with Gasteiger partial charge in [-0.05, 0) is 35.4 Å². The summed E-state index contributed by atoms with van der Waals surface area (Å²) in [5, 5.41) is 10.5. The summed E-state index contributed by atoms with van der Waals surface area (Å²) in [5.41, 5.74) is 1.79. The number of phenolic OH excluding ortho intramolecular Hbond substituents is 1. The van der Waals surface area contributed by atoms with E-state index in [0.29, 0.717) is 18.7 Å². The molecule has 1 N–H and O–H groups in total. The molecular formula is C22H23FN2O4. The van der Waals surface area contributed by atoms with Crippen molar-refractivity contribution in [2.45, 2.75) is 13.1 Å². The molecule has 1 aliphatic rings. The molecule has 1 aromatic heterocycles. The van der Waals surface area contributed by atoms with Gasteiger partial charge in [0.15, 0.2) is 11.6 Å². The first-order valence-electron chi connectivity index (χ1n) is 9.55. The molecule has 0 bridgehead atoms. The molecule has 6 nitrogen and oxygen atoms in total. The van der Waals surface area contributed by atoms with Crippen LogP contribution in [0.15, 0.2) is 51.7 Å². The minimum absolute atomic E-state index is 0.0707. The largest absolute Gasteiger partial charge is 0.508 e. The van der Waals surface area contributed by atoms with Gasteiger partial charge in [-0.1, -0.05) is 6.07 Å². The summed E-state index contributed by atoms with van der Waals surface area (Å²) in [5.74, 6) is -0.0164. The van der Waals surface area contributed by atoms with Crippen LogP contribution in [0.5, 0.6) is 11.5 Å². The van der Waals surface area contributed by atoms with E-state index in [-0.39, 0.29) is 17.3 Å². The summed E-state index contributed by atoms with van der Waals surface area (Å²) in [6, 6.07) is 11.4. The van der Waals surface area contributed by atoms with Crippen LogP contribution < -0.4 is 10.4 Å². The molecule has 0 saturated carbocycles. The first-order chi connectivity index (χ1) is 14.0. The average Bonchev–Trinajstić information content (AvgIpc) is 2.69. The van der Waals surface area contributed by atoms with Gasteiger partial charge in [0.05, 0.1) is 7.11 Å². The van der Waals surface area contributed by atoms with Crippen LogP contribution in [0.1, 0.15) is 11.1 Å². The zero-order chi connectivity index (χ0) is 20.4. The predicted molar refractivity (Wildman–Crippen MR) is 108 cm³/mol. The van der Waals surface area contributed by atoms with Gasteiger partial charge < -0.3 is 14.3 Å². The van der Waals surface area contributed by atoms with Crippen molar-refractivity contribution in [1.29, 1.82) is 0 Å². The van der Waals surface area contributed by atoms with Crippen LogP contribution in [0.4, 0.5) is 4.39 Å². The first-order valence-corrected chi connectivity index (χ1v) is 9.55. The van der Waals surface area contributed by atoms with Gasteiger partial charge in [-0.25, -0.2) is 9.18 Å². The van der Waals surface area contributed by atoms with Crippen molar-refractivity contribution < 1.29 is 18.7 Å². The Morgan fingerprint density at radius 1 is 1.03 bits per heavy atom. The maximum absolute atomic E-state index is 13.9. The molecule has 7 heteroatoms. The minimum Gasteiger partial charge on any atom is -0.508 e. The van der Waals surface area contributed by atoms with Crippen molar-refractivity contribution in [3.8, 4) is 11.5 Å². The number of halogens is 1. The highest BCUT2D eigenvalue weighted by molar-refractivity contribution is 5.81. The molecule has 0 aliphatic carbocycles. The number of nitrogens with zero attached hydrogens (tertiary/aromatic N) is 2. The van der Waals surface area contributed by atoms with E-state index in [1.807, 2.05) is 6.07 Å². The molecule has 3 aromatic rings. The van der Waals surface area contributed by atoms with Gasteiger partial charge in [-0.3, -0.25) is 9.80 Å². The number of aromatic hydroxyl groups is 1. The van der Waals surface area contributed by atoms with E-state index in [4.69, 9.17) is 9.15 Å². The number of hydrogen-bond donors (Lipinski definition) is 1. The van der Waals surface area contributed by atoms with Gasteiger partial charge in [0.2, 0.25) is 0 Å². The Bertz CT molecular complexity index is 1070. The smallest absolute Gasteiger partial charge is 0.336 e. The number of piperazine rings is 1. The van der Waals surface area contributed by atoms with Gasteiger partial charge in [-0.2, -0.15) is 0 Å². The van der Waals surface area contributed by atoms with Gasteiger partial charge in [0.1, 0.15) is 11.3 Å². The Morgan fingerprint density at radius 2 is 1.76 bits per heavy atom. The highest BCUT2D eigenvalue weighted by Gasteiger charge is 2.19. The Labute approximate surface area is 167 Å². The van der Waals surface area contributed by atoms with Crippen LogP contribution in [0.3, 0.4) is 0 Å². The quantitative estimate of drug-likeness (QED) is 0.667. The molecule has 2 heterocycles. The number of rotatable bonds is 5. The highest BCUT2D eigenvalue weighted by atomic mass is 19.1. The molecule has 2 aromatic carbocycles. The van der Waals surface area contributed by atoms with E-state index >= 15 is 0 Å². The molecular weight excluding hydrogens is 375 g/mol. The molecule has 152 valence electrons. The molecule has 0 radical (unpaired) electrons. The van der Waals surface area contributed by atoms with Crippen LogP contribution in [0.2, 0.25) is 0 Å². The lowest BCUT2D eigenvalue weighted by Gasteiger charge is -2.34. The summed E-state index contributed by atoms with van der Waals surface area (Å²) in [6.45, 7) is 4.72. The van der Waals surface area contributed by atoms with Crippen LogP contribution in [-0.4, -0.2) is 48.2 Å². The van der Waals surface area contributed by atoms with Crippen molar-refractivity contribution in [3.63, 3.8) is 0 Å². The monoisotopic (exact) mass is 398 g/mol. The third-order valence-corrected chi connectivity index (χ3v) is 5.30. The summed E-state index contributed by atoms with van der Waals surface area (Å²) in [6.07, 6.45) is 0. The van der Waals surface area contributed by atoms with E-state index in [2.05, 4.69) is 9.80 Å². The van der Waals surface area contributed by atoms with E-state index in [1.54, 1.807) is 18.2 Å². The number of ether oxygens (including phenoxy) is 1.